The fourth-order valence-electron chi connectivity index (χ4n) is 1.99. The van der Waals surface area contributed by atoms with Crippen molar-refractivity contribution in [1.29, 1.82) is 0 Å². The van der Waals surface area contributed by atoms with Crippen LogP contribution in [0.4, 0.5) is 0 Å². The van der Waals surface area contributed by atoms with E-state index >= 15 is 0 Å². The quantitative estimate of drug-likeness (QED) is 0.766. The van der Waals surface area contributed by atoms with Gasteiger partial charge in [0.1, 0.15) is 11.1 Å². The predicted octanol–water partition coefficient (Wildman–Crippen LogP) is 1.06. The van der Waals surface area contributed by atoms with Crippen LogP contribution in [0.25, 0.3) is 11.5 Å². The van der Waals surface area contributed by atoms with Crippen LogP contribution in [0, 0.1) is 0 Å². The molecule has 100 valence electrons. The SMILES string of the molecule is CCOC(=O)C1(c2nc(-c3cncn3C)no2)CC1. The summed E-state index contributed by atoms with van der Waals surface area (Å²) in [6.07, 6.45) is 4.69. The van der Waals surface area contributed by atoms with Crippen molar-refractivity contribution in [2.45, 2.75) is 25.2 Å². The summed E-state index contributed by atoms with van der Waals surface area (Å²) in [6.45, 7) is 2.13. The molecule has 1 fully saturated rings. The Bertz CT molecular complexity index is 612. The average molecular weight is 262 g/mol. The first-order chi connectivity index (χ1) is 9.17. The monoisotopic (exact) mass is 262 g/mol. The van der Waals surface area contributed by atoms with Gasteiger partial charge in [0.25, 0.3) is 0 Å². The average Bonchev–Trinajstić information content (AvgIpc) is 2.86. The van der Waals surface area contributed by atoms with E-state index in [1.807, 2.05) is 7.05 Å². The minimum atomic E-state index is -0.722. The van der Waals surface area contributed by atoms with Gasteiger partial charge < -0.3 is 13.8 Å². The van der Waals surface area contributed by atoms with Gasteiger partial charge in [-0.3, -0.25) is 4.79 Å². The molecule has 0 radical (unpaired) electrons. The fourth-order valence-corrected chi connectivity index (χ4v) is 1.99. The number of aromatic nitrogens is 4. The van der Waals surface area contributed by atoms with Gasteiger partial charge in [0.2, 0.25) is 11.7 Å². The first-order valence-electron chi connectivity index (χ1n) is 6.15. The van der Waals surface area contributed by atoms with Crippen molar-refractivity contribution in [3.05, 3.63) is 18.4 Å². The van der Waals surface area contributed by atoms with E-state index in [4.69, 9.17) is 9.26 Å². The van der Waals surface area contributed by atoms with Crippen molar-refractivity contribution in [3.63, 3.8) is 0 Å². The first kappa shape index (κ1) is 11.9. The molecule has 7 nitrogen and oxygen atoms in total. The number of imidazole rings is 1. The van der Waals surface area contributed by atoms with E-state index in [0.717, 1.165) is 5.69 Å². The largest absolute Gasteiger partial charge is 0.465 e. The number of hydrogen-bond acceptors (Lipinski definition) is 6. The molecule has 0 saturated heterocycles. The maximum absolute atomic E-state index is 11.9. The summed E-state index contributed by atoms with van der Waals surface area (Å²) in [4.78, 5) is 20.2. The van der Waals surface area contributed by atoms with Gasteiger partial charge >= 0.3 is 5.97 Å². The van der Waals surface area contributed by atoms with E-state index in [1.165, 1.54) is 0 Å². The van der Waals surface area contributed by atoms with Crippen LogP contribution < -0.4 is 0 Å². The van der Waals surface area contributed by atoms with Gasteiger partial charge in [-0.25, -0.2) is 4.98 Å². The van der Waals surface area contributed by atoms with Crippen LogP contribution in [0.3, 0.4) is 0 Å². The van der Waals surface area contributed by atoms with Crippen molar-refractivity contribution < 1.29 is 14.1 Å². The van der Waals surface area contributed by atoms with E-state index in [9.17, 15) is 4.79 Å². The molecule has 1 saturated carbocycles. The summed E-state index contributed by atoms with van der Waals surface area (Å²) in [5, 5.41) is 3.91. The lowest BCUT2D eigenvalue weighted by molar-refractivity contribution is -0.146. The summed E-state index contributed by atoms with van der Waals surface area (Å²) in [5.74, 6) is 0.489. The van der Waals surface area contributed by atoms with Crippen LogP contribution in [0.5, 0.6) is 0 Å². The Morgan fingerprint density at radius 1 is 1.58 bits per heavy atom. The van der Waals surface area contributed by atoms with E-state index in [2.05, 4.69) is 15.1 Å². The van der Waals surface area contributed by atoms with E-state index in [1.54, 1.807) is 24.0 Å². The predicted molar refractivity (Wildman–Crippen MR) is 64.0 cm³/mol. The second kappa shape index (κ2) is 4.18. The Morgan fingerprint density at radius 2 is 2.37 bits per heavy atom. The molecule has 0 unspecified atom stereocenters. The van der Waals surface area contributed by atoms with Crippen molar-refractivity contribution in [2.75, 3.05) is 6.61 Å². The van der Waals surface area contributed by atoms with E-state index in [-0.39, 0.29) is 5.97 Å². The molecule has 2 aromatic rings. The zero-order valence-electron chi connectivity index (χ0n) is 10.8. The van der Waals surface area contributed by atoms with Gasteiger partial charge in [0.05, 0.1) is 19.1 Å². The molecule has 0 amide bonds. The molecule has 0 aromatic carbocycles. The van der Waals surface area contributed by atoms with Crippen molar-refractivity contribution in [1.82, 2.24) is 19.7 Å². The smallest absolute Gasteiger partial charge is 0.321 e. The van der Waals surface area contributed by atoms with E-state index < -0.39 is 5.41 Å². The zero-order chi connectivity index (χ0) is 13.5. The minimum Gasteiger partial charge on any atom is -0.465 e. The van der Waals surface area contributed by atoms with E-state index in [0.29, 0.717) is 31.2 Å². The molecule has 0 aliphatic heterocycles. The third kappa shape index (κ3) is 1.81. The third-order valence-corrected chi connectivity index (χ3v) is 3.30. The van der Waals surface area contributed by atoms with Crippen LogP contribution in [-0.4, -0.2) is 32.3 Å². The third-order valence-electron chi connectivity index (χ3n) is 3.30. The van der Waals surface area contributed by atoms with Crippen LogP contribution in [0.15, 0.2) is 17.0 Å². The number of hydrogen-bond donors (Lipinski definition) is 0. The molecule has 3 rings (SSSR count). The standard InChI is InChI=1S/C12H14N4O3/c1-3-18-11(17)12(4-5-12)10-14-9(15-19-10)8-6-13-7-16(8)2/h6-7H,3-5H2,1-2H3. The molecular weight excluding hydrogens is 248 g/mol. The fraction of sp³-hybridized carbons (Fsp3) is 0.500. The Kier molecular flexibility index (Phi) is 2.62. The molecule has 0 bridgehead atoms. The molecule has 0 N–H and O–H groups in total. The summed E-state index contributed by atoms with van der Waals surface area (Å²) in [6, 6.07) is 0. The van der Waals surface area contributed by atoms with Gasteiger partial charge in [-0.05, 0) is 19.8 Å². The molecule has 1 aliphatic carbocycles. The summed E-state index contributed by atoms with van der Waals surface area (Å²) in [7, 11) is 1.84. The molecule has 19 heavy (non-hydrogen) atoms. The summed E-state index contributed by atoms with van der Waals surface area (Å²) in [5.41, 5.74) is 0.0227. The second-order valence-electron chi connectivity index (χ2n) is 4.62. The number of nitrogens with zero attached hydrogens (tertiary/aromatic N) is 4. The minimum absolute atomic E-state index is 0.282. The highest BCUT2D eigenvalue weighted by molar-refractivity contribution is 5.85. The lowest BCUT2D eigenvalue weighted by atomic mass is 10.1. The number of aryl methyl sites for hydroxylation is 1. The van der Waals surface area contributed by atoms with Gasteiger partial charge in [0, 0.05) is 7.05 Å². The Balaban J connectivity index is 1.90. The maximum atomic E-state index is 11.9. The van der Waals surface area contributed by atoms with Crippen molar-refractivity contribution >= 4 is 5.97 Å². The highest BCUT2D eigenvalue weighted by Crippen LogP contribution is 2.48. The van der Waals surface area contributed by atoms with Crippen LogP contribution in [0.2, 0.25) is 0 Å². The molecule has 1 aliphatic rings. The molecule has 0 spiro atoms. The van der Waals surface area contributed by atoms with Crippen LogP contribution in [0.1, 0.15) is 25.7 Å². The number of esters is 1. The molecule has 2 heterocycles. The number of carbonyl (C=O) groups is 1. The van der Waals surface area contributed by atoms with Gasteiger partial charge in [-0.1, -0.05) is 5.16 Å². The summed E-state index contributed by atoms with van der Waals surface area (Å²) >= 11 is 0. The van der Waals surface area contributed by atoms with Crippen LogP contribution >= 0.6 is 0 Å². The molecular formula is C12H14N4O3. The highest BCUT2D eigenvalue weighted by Gasteiger charge is 2.57. The summed E-state index contributed by atoms with van der Waals surface area (Å²) < 4.78 is 12.1. The molecule has 7 heteroatoms. The highest BCUT2D eigenvalue weighted by atomic mass is 16.5. The number of ether oxygens (including phenoxy) is 1. The van der Waals surface area contributed by atoms with Crippen molar-refractivity contribution in [3.8, 4) is 11.5 Å². The second-order valence-corrected chi connectivity index (χ2v) is 4.62. The van der Waals surface area contributed by atoms with Crippen LogP contribution in [-0.2, 0) is 22.0 Å². The zero-order valence-corrected chi connectivity index (χ0v) is 10.8. The Hall–Kier alpha value is -2.18. The lowest BCUT2D eigenvalue weighted by Gasteiger charge is -2.07. The Labute approximate surface area is 109 Å². The van der Waals surface area contributed by atoms with Gasteiger partial charge in [0.15, 0.2) is 0 Å². The normalized spacial score (nSPS) is 16.3. The molecule has 0 atom stereocenters. The molecule has 2 aromatic heterocycles. The number of rotatable bonds is 4. The van der Waals surface area contributed by atoms with Gasteiger partial charge in [-0.2, -0.15) is 4.98 Å². The first-order valence-corrected chi connectivity index (χ1v) is 6.15. The van der Waals surface area contributed by atoms with Crippen molar-refractivity contribution in [2.24, 2.45) is 7.05 Å². The maximum Gasteiger partial charge on any atom is 0.321 e. The lowest BCUT2D eigenvalue weighted by Crippen LogP contribution is -2.23. The van der Waals surface area contributed by atoms with Gasteiger partial charge in [-0.15, -0.1) is 0 Å². The number of carbonyl (C=O) groups excluding carboxylic acids is 1. The topological polar surface area (TPSA) is 83.0 Å². The Morgan fingerprint density at radius 3 is 2.95 bits per heavy atom.